The van der Waals surface area contributed by atoms with Crippen molar-refractivity contribution in [2.24, 2.45) is 0 Å². The van der Waals surface area contributed by atoms with Crippen LogP contribution in [0.5, 0.6) is 0 Å². The van der Waals surface area contributed by atoms with Crippen molar-refractivity contribution >= 4 is 27.3 Å². The monoisotopic (exact) mass is 337 g/mol. The van der Waals surface area contributed by atoms with Gasteiger partial charge >= 0.3 is 0 Å². The first-order valence-electron chi connectivity index (χ1n) is 6.60. The van der Waals surface area contributed by atoms with Crippen molar-refractivity contribution in [1.82, 2.24) is 5.32 Å². The molecule has 102 valence electrons. The van der Waals surface area contributed by atoms with Crippen LogP contribution in [-0.4, -0.2) is 7.05 Å². The SMILES string of the molecule is CNC(Cc1ccc(C(C)C)cc1)c1csc(Br)c1. The van der Waals surface area contributed by atoms with Crippen LogP contribution in [0.3, 0.4) is 0 Å². The van der Waals surface area contributed by atoms with Gasteiger partial charge in [-0.2, -0.15) is 0 Å². The zero-order chi connectivity index (χ0) is 13.8. The Morgan fingerprint density at radius 3 is 2.32 bits per heavy atom. The molecule has 0 spiro atoms. The summed E-state index contributed by atoms with van der Waals surface area (Å²) in [5, 5.41) is 5.62. The maximum Gasteiger partial charge on any atom is 0.0701 e. The lowest BCUT2D eigenvalue weighted by Gasteiger charge is -2.15. The molecule has 0 saturated heterocycles. The van der Waals surface area contributed by atoms with E-state index < -0.39 is 0 Å². The second-order valence-electron chi connectivity index (χ2n) is 5.13. The molecule has 1 aromatic carbocycles. The summed E-state index contributed by atoms with van der Waals surface area (Å²) in [5.74, 6) is 0.599. The molecule has 2 aromatic rings. The minimum absolute atomic E-state index is 0.382. The van der Waals surface area contributed by atoms with Crippen molar-refractivity contribution in [2.45, 2.75) is 32.2 Å². The molecule has 0 amide bonds. The lowest BCUT2D eigenvalue weighted by atomic mass is 9.97. The second kappa shape index (κ2) is 6.69. The first-order valence-corrected chi connectivity index (χ1v) is 8.27. The van der Waals surface area contributed by atoms with Gasteiger partial charge in [-0.1, -0.05) is 38.1 Å². The van der Waals surface area contributed by atoms with Crippen molar-refractivity contribution in [3.05, 3.63) is 56.2 Å². The predicted molar refractivity (Wildman–Crippen MR) is 88.1 cm³/mol. The van der Waals surface area contributed by atoms with Gasteiger partial charge in [0.05, 0.1) is 3.79 Å². The van der Waals surface area contributed by atoms with Crippen LogP contribution < -0.4 is 5.32 Å². The Kier molecular flexibility index (Phi) is 5.20. The van der Waals surface area contributed by atoms with Gasteiger partial charge in [0.25, 0.3) is 0 Å². The van der Waals surface area contributed by atoms with Gasteiger partial charge in [-0.15, -0.1) is 11.3 Å². The lowest BCUT2D eigenvalue weighted by molar-refractivity contribution is 0.593. The zero-order valence-electron chi connectivity index (χ0n) is 11.6. The molecule has 1 N–H and O–H groups in total. The van der Waals surface area contributed by atoms with E-state index in [9.17, 15) is 0 Å². The van der Waals surface area contributed by atoms with Crippen LogP contribution in [0.15, 0.2) is 39.5 Å². The maximum atomic E-state index is 3.53. The zero-order valence-corrected chi connectivity index (χ0v) is 14.0. The van der Waals surface area contributed by atoms with Gasteiger partial charge in [-0.25, -0.2) is 0 Å². The fraction of sp³-hybridized carbons (Fsp3) is 0.375. The average molecular weight is 338 g/mol. The molecule has 0 fully saturated rings. The van der Waals surface area contributed by atoms with Crippen LogP contribution in [0.2, 0.25) is 0 Å². The van der Waals surface area contributed by atoms with Crippen molar-refractivity contribution in [1.29, 1.82) is 0 Å². The molecule has 3 heteroatoms. The molecule has 19 heavy (non-hydrogen) atoms. The Morgan fingerprint density at radius 1 is 1.16 bits per heavy atom. The molecule has 1 aromatic heterocycles. The van der Waals surface area contributed by atoms with Crippen molar-refractivity contribution < 1.29 is 0 Å². The number of nitrogens with one attached hydrogen (secondary N) is 1. The first kappa shape index (κ1) is 14.8. The Balaban J connectivity index is 2.10. The lowest BCUT2D eigenvalue weighted by Crippen LogP contribution is -2.18. The summed E-state index contributed by atoms with van der Waals surface area (Å²) in [6.07, 6.45) is 1.03. The highest BCUT2D eigenvalue weighted by Gasteiger charge is 2.12. The van der Waals surface area contributed by atoms with Crippen LogP contribution in [0.4, 0.5) is 0 Å². The fourth-order valence-electron chi connectivity index (χ4n) is 2.17. The van der Waals surface area contributed by atoms with Crippen LogP contribution >= 0.6 is 27.3 Å². The van der Waals surface area contributed by atoms with E-state index in [0.717, 1.165) is 6.42 Å². The molecular weight excluding hydrogens is 318 g/mol. The van der Waals surface area contributed by atoms with Gasteiger partial charge in [0.2, 0.25) is 0 Å². The van der Waals surface area contributed by atoms with E-state index in [4.69, 9.17) is 0 Å². The third kappa shape index (κ3) is 3.91. The molecule has 0 saturated carbocycles. The Hall–Kier alpha value is -0.640. The summed E-state index contributed by atoms with van der Waals surface area (Å²) in [6, 6.07) is 11.6. The summed E-state index contributed by atoms with van der Waals surface area (Å²) < 4.78 is 1.19. The molecule has 0 aliphatic carbocycles. The number of rotatable bonds is 5. The molecular formula is C16H20BrNS. The van der Waals surface area contributed by atoms with E-state index in [1.807, 2.05) is 7.05 Å². The van der Waals surface area contributed by atoms with E-state index in [1.165, 1.54) is 20.5 Å². The Labute approximate surface area is 128 Å². The van der Waals surface area contributed by atoms with E-state index in [0.29, 0.717) is 12.0 Å². The summed E-state index contributed by atoms with van der Waals surface area (Å²) in [4.78, 5) is 0. The minimum atomic E-state index is 0.382. The van der Waals surface area contributed by atoms with Crippen molar-refractivity contribution in [2.75, 3.05) is 7.05 Å². The number of hydrogen-bond donors (Lipinski definition) is 1. The largest absolute Gasteiger partial charge is 0.313 e. The molecule has 0 aliphatic rings. The second-order valence-corrected chi connectivity index (χ2v) is 7.42. The summed E-state index contributed by atoms with van der Waals surface area (Å²) in [6.45, 7) is 4.46. The third-order valence-electron chi connectivity index (χ3n) is 3.42. The van der Waals surface area contributed by atoms with Crippen LogP contribution in [0.25, 0.3) is 0 Å². The van der Waals surface area contributed by atoms with Gasteiger partial charge in [0, 0.05) is 6.04 Å². The molecule has 1 heterocycles. The molecule has 2 rings (SSSR count). The predicted octanol–water partition coefficient (Wildman–Crippen LogP) is 5.14. The van der Waals surface area contributed by atoms with Gasteiger partial charge in [-0.05, 0) is 63.5 Å². The smallest absolute Gasteiger partial charge is 0.0701 e. The standard InChI is InChI=1S/C16H20BrNS/c1-11(2)13-6-4-12(5-7-13)8-15(18-3)14-9-16(17)19-10-14/h4-7,9-11,15,18H,8H2,1-3H3. The molecule has 1 atom stereocenters. The molecule has 0 radical (unpaired) electrons. The van der Waals surface area contributed by atoms with E-state index in [2.05, 4.69) is 70.8 Å². The molecule has 0 aliphatic heterocycles. The summed E-state index contributed by atoms with van der Waals surface area (Å²) in [5.41, 5.74) is 4.14. The number of hydrogen-bond acceptors (Lipinski definition) is 2. The van der Waals surface area contributed by atoms with Gasteiger partial charge < -0.3 is 5.32 Å². The highest BCUT2D eigenvalue weighted by molar-refractivity contribution is 9.11. The molecule has 1 nitrogen and oxygen atoms in total. The normalized spacial score (nSPS) is 12.9. The van der Waals surface area contributed by atoms with Crippen molar-refractivity contribution in [3.8, 4) is 0 Å². The van der Waals surface area contributed by atoms with Crippen LogP contribution in [0.1, 0.15) is 42.5 Å². The van der Waals surface area contributed by atoms with Crippen LogP contribution in [-0.2, 0) is 6.42 Å². The summed E-state index contributed by atoms with van der Waals surface area (Å²) in [7, 11) is 2.03. The van der Waals surface area contributed by atoms with Gasteiger partial charge in [0.1, 0.15) is 0 Å². The van der Waals surface area contributed by atoms with Crippen molar-refractivity contribution in [3.63, 3.8) is 0 Å². The quantitative estimate of drug-likeness (QED) is 0.796. The highest BCUT2D eigenvalue weighted by Crippen LogP contribution is 2.27. The highest BCUT2D eigenvalue weighted by atomic mass is 79.9. The van der Waals surface area contributed by atoms with E-state index >= 15 is 0 Å². The first-order chi connectivity index (χ1) is 9.10. The number of likely N-dealkylation sites (N-methyl/N-ethyl adjacent to an activating group) is 1. The topological polar surface area (TPSA) is 12.0 Å². The van der Waals surface area contributed by atoms with E-state index in [1.54, 1.807) is 11.3 Å². The van der Waals surface area contributed by atoms with Gasteiger partial charge in [-0.3, -0.25) is 0 Å². The van der Waals surface area contributed by atoms with E-state index in [-0.39, 0.29) is 0 Å². The molecule has 1 unspecified atom stereocenters. The molecule has 0 bridgehead atoms. The van der Waals surface area contributed by atoms with Gasteiger partial charge in [0.15, 0.2) is 0 Å². The number of benzene rings is 1. The third-order valence-corrected chi connectivity index (χ3v) is 4.95. The average Bonchev–Trinajstić information content (AvgIpc) is 2.83. The summed E-state index contributed by atoms with van der Waals surface area (Å²) >= 11 is 5.27. The number of thiophene rings is 1. The maximum absolute atomic E-state index is 3.53. The fourth-order valence-corrected chi connectivity index (χ4v) is 3.40. The van der Waals surface area contributed by atoms with Crippen LogP contribution in [0, 0.1) is 0 Å². The minimum Gasteiger partial charge on any atom is -0.313 e. The number of halogens is 1. The Bertz CT molecular complexity index is 516. The Morgan fingerprint density at radius 2 is 1.84 bits per heavy atom.